The second-order valence-corrected chi connectivity index (χ2v) is 4.36. The van der Waals surface area contributed by atoms with E-state index in [2.05, 4.69) is 16.7 Å². The minimum atomic E-state index is -0.469. The van der Waals surface area contributed by atoms with Gasteiger partial charge >= 0.3 is 6.03 Å². The van der Waals surface area contributed by atoms with Crippen molar-refractivity contribution < 1.29 is 14.5 Å². The van der Waals surface area contributed by atoms with E-state index in [1.54, 1.807) is 0 Å². The van der Waals surface area contributed by atoms with Crippen molar-refractivity contribution in [3.8, 4) is 0 Å². The first-order chi connectivity index (χ1) is 8.52. The Balaban J connectivity index is 2.47. The summed E-state index contributed by atoms with van der Waals surface area (Å²) >= 11 is 0. The van der Waals surface area contributed by atoms with Gasteiger partial charge in [-0.2, -0.15) is 0 Å². The van der Waals surface area contributed by atoms with Crippen LogP contribution < -0.4 is 15.5 Å². The average Bonchev–Trinajstić information content (AvgIpc) is 2.31. The molecule has 0 saturated carbocycles. The molecule has 1 unspecified atom stereocenters. The molecule has 0 fully saturated rings. The van der Waals surface area contributed by atoms with Gasteiger partial charge in [-0.25, -0.2) is 4.79 Å². The molecule has 3 N–H and O–H groups in total. The molecule has 0 spiro atoms. The van der Waals surface area contributed by atoms with Gasteiger partial charge in [-0.15, -0.1) is 0 Å². The van der Waals surface area contributed by atoms with Gasteiger partial charge in [0, 0.05) is 12.6 Å². The number of likely N-dealkylation sites (N-methyl/N-ethyl adjacent to an activating group) is 1. The zero-order valence-electron chi connectivity index (χ0n) is 11.0. The predicted molar refractivity (Wildman–Crippen MR) is 69.2 cm³/mol. The molecule has 0 bridgehead atoms. The molecule has 0 aliphatic heterocycles. The molecule has 18 heavy (non-hydrogen) atoms. The van der Waals surface area contributed by atoms with E-state index in [9.17, 15) is 9.59 Å². The molecule has 98 valence electrons. The summed E-state index contributed by atoms with van der Waals surface area (Å²) in [6, 6.07) is 7.61. The third-order valence-electron chi connectivity index (χ3n) is 2.70. The van der Waals surface area contributed by atoms with Gasteiger partial charge in [0.1, 0.15) is 6.54 Å². The van der Waals surface area contributed by atoms with Gasteiger partial charge in [0.05, 0.1) is 7.05 Å². The van der Waals surface area contributed by atoms with Crippen LogP contribution in [0.1, 0.15) is 11.1 Å². The van der Waals surface area contributed by atoms with Gasteiger partial charge in [-0.3, -0.25) is 10.1 Å². The smallest absolute Gasteiger partial charge is 0.321 e. The van der Waals surface area contributed by atoms with Crippen molar-refractivity contribution in [2.24, 2.45) is 0 Å². The number of hydrogen-bond donors (Lipinski definition) is 3. The Labute approximate surface area is 107 Å². The highest BCUT2D eigenvalue weighted by molar-refractivity contribution is 5.94. The third-order valence-corrected chi connectivity index (χ3v) is 2.70. The van der Waals surface area contributed by atoms with Crippen molar-refractivity contribution in [2.45, 2.75) is 13.5 Å². The van der Waals surface area contributed by atoms with E-state index < -0.39 is 6.03 Å². The molecule has 0 saturated heterocycles. The maximum absolute atomic E-state index is 11.5. The van der Waals surface area contributed by atoms with Gasteiger partial charge in [0.15, 0.2) is 6.54 Å². The summed E-state index contributed by atoms with van der Waals surface area (Å²) in [4.78, 5) is 23.5. The maximum Gasteiger partial charge on any atom is 0.321 e. The Morgan fingerprint density at radius 1 is 1.28 bits per heavy atom. The predicted octanol–water partition coefficient (Wildman–Crippen LogP) is -0.535. The zero-order chi connectivity index (χ0) is 13.5. The number of urea groups is 1. The topological polar surface area (TPSA) is 62.6 Å². The van der Waals surface area contributed by atoms with Crippen LogP contribution in [0.15, 0.2) is 24.3 Å². The highest BCUT2D eigenvalue weighted by Crippen LogP contribution is 2.04. The fraction of sp³-hybridized carbons (Fsp3) is 0.385. The van der Waals surface area contributed by atoms with Crippen LogP contribution in [0.25, 0.3) is 0 Å². The molecule has 1 rings (SSSR count). The lowest BCUT2D eigenvalue weighted by Crippen LogP contribution is -3.09. The summed E-state index contributed by atoms with van der Waals surface area (Å²) in [7, 11) is 3.41. The van der Waals surface area contributed by atoms with E-state index in [-0.39, 0.29) is 12.5 Å². The number of rotatable bonds is 4. The van der Waals surface area contributed by atoms with Crippen LogP contribution in [-0.4, -0.2) is 32.6 Å². The van der Waals surface area contributed by atoms with Crippen molar-refractivity contribution in [2.75, 3.05) is 20.6 Å². The molecule has 1 atom stereocenters. The fourth-order valence-electron chi connectivity index (χ4n) is 1.70. The molecule has 0 aliphatic carbocycles. The molecular formula is C13H20N3O2+. The van der Waals surface area contributed by atoms with Crippen LogP contribution in [0.3, 0.4) is 0 Å². The SMILES string of the molecule is CNC(=O)NC(=O)C[NH+](C)Cc1ccccc1C. The van der Waals surface area contributed by atoms with E-state index in [1.165, 1.54) is 18.2 Å². The van der Waals surface area contributed by atoms with Crippen LogP contribution in [0.2, 0.25) is 0 Å². The highest BCUT2D eigenvalue weighted by atomic mass is 16.2. The van der Waals surface area contributed by atoms with Crippen LogP contribution in [-0.2, 0) is 11.3 Å². The second-order valence-electron chi connectivity index (χ2n) is 4.36. The number of carbonyl (C=O) groups excluding carboxylic acids is 2. The zero-order valence-corrected chi connectivity index (χ0v) is 11.0. The van der Waals surface area contributed by atoms with Gasteiger partial charge in [-0.1, -0.05) is 24.3 Å². The largest absolute Gasteiger partial charge is 0.341 e. The van der Waals surface area contributed by atoms with E-state index in [0.29, 0.717) is 0 Å². The third kappa shape index (κ3) is 4.55. The lowest BCUT2D eigenvalue weighted by molar-refractivity contribution is -0.885. The summed E-state index contributed by atoms with van der Waals surface area (Å²) < 4.78 is 0. The lowest BCUT2D eigenvalue weighted by Gasteiger charge is -2.14. The van der Waals surface area contributed by atoms with Crippen LogP contribution in [0.5, 0.6) is 0 Å². The number of hydrogen-bond acceptors (Lipinski definition) is 2. The molecule has 5 heteroatoms. The number of carbonyl (C=O) groups is 2. The molecule has 1 aromatic rings. The monoisotopic (exact) mass is 250 g/mol. The number of amides is 3. The number of aryl methyl sites for hydroxylation is 1. The molecule has 0 aromatic heterocycles. The average molecular weight is 250 g/mol. The summed E-state index contributed by atoms with van der Waals surface area (Å²) in [6.07, 6.45) is 0. The first-order valence-corrected chi connectivity index (χ1v) is 5.90. The van der Waals surface area contributed by atoms with Gasteiger partial charge in [0.25, 0.3) is 5.91 Å². The molecule has 5 nitrogen and oxygen atoms in total. The normalized spacial score (nSPS) is 11.7. The Bertz CT molecular complexity index is 432. The Morgan fingerprint density at radius 2 is 1.94 bits per heavy atom. The first-order valence-electron chi connectivity index (χ1n) is 5.90. The van der Waals surface area contributed by atoms with Crippen molar-refractivity contribution in [1.29, 1.82) is 0 Å². The highest BCUT2D eigenvalue weighted by Gasteiger charge is 2.13. The molecule has 0 radical (unpaired) electrons. The second kappa shape index (κ2) is 6.76. The van der Waals surface area contributed by atoms with Crippen molar-refractivity contribution >= 4 is 11.9 Å². The molecule has 3 amide bonds. The summed E-state index contributed by atoms with van der Waals surface area (Å²) in [5.74, 6) is -0.277. The first kappa shape index (κ1) is 14.2. The Kier molecular flexibility index (Phi) is 5.32. The van der Waals surface area contributed by atoms with Crippen LogP contribution >= 0.6 is 0 Å². The van der Waals surface area contributed by atoms with Crippen molar-refractivity contribution in [3.63, 3.8) is 0 Å². The van der Waals surface area contributed by atoms with Crippen molar-refractivity contribution in [1.82, 2.24) is 10.6 Å². The quantitative estimate of drug-likeness (QED) is 0.672. The summed E-state index contributed by atoms with van der Waals surface area (Å²) in [5.41, 5.74) is 2.42. The molecular weight excluding hydrogens is 230 g/mol. The van der Waals surface area contributed by atoms with Crippen LogP contribution in [0, 0.1) is 6.92 Å². The number of nitrogens with one attached hydrogen (secondary N) is 3. The molecule has 0 heterocycles. The van der Waals surface area contributed by atoms with Gasteiger partial charge in [0.2, 0.25) is 0 Å². The maximum atomic E-state index is 11.5. The summed E-state index contributed by atoms with van der Waals surface area (Å²) in [6.45, 7) is 3.07. The van der Waals surface area contributed by atoms with Gasteiger partial charge in [-0.05, 0) is 12.5 Å². The minimum Gasteiger partial charge on any atom is -0.341 e. The van der Waals surface area contributed by atoms with Crippen LogP contribution in [0.4, 0.5) is 4.79 Å². The van der Waals surface area contributed by atoms with E-state index in [1.807, 2.05) is 32.2 Å². The summed E-state index contributed by atoms with van der Waals surface area (Å²) in [5, 5.41) is 4.60. The van der Waals surface area contributed by atoms with Gasteiger partial charge < -0.3 is 10.2 Å². The fourth-order valence-corrected chi connectivity index (χ4v) is 1.70. The number of benzene rings is 1. The van der Waals surface area contributed by atoms with E-state index >= 15 is 0 Å². The molecule has 0 aliphatic rings. The Hall–Kier alpha value is -1.88. The number of quaternary nitrogens is 1. The Morgan fingerprint density at radius 3 is 2.56 bits per heavy atom. The minimum absolute atomic E-state index is 0.266. The van der Waals surface area contributed by atoms with Crippen molar-refractivity contribution in [3.05, 3.63) is 35.4 Å². The number of imide groups is 1. The van der Waals surface area contributed by atoms with E-state index in [4.69, 9.17) is 0 Å². The molecule has 1 aromatic carbocycles. The van der Waals surface area contributed by atoms with E-state index in [0.717, 1.165) is 11.4 Å². The lowest BCUT2D eigenvalue weighted by atomic mass is 10.1. The standard InChI is InChI=1S/C13H19N3O2/c1-10-6-4-5-7-11(10)8-16(3)9-12(17)15-13(18)14-2/h4-7H,8-9H2,1-3H3,(H2,14,15,17,18)/p+1.